The van der Waals surface area contributed by atoms with Crippen LogP contribution in [0.15, 0.2) is 46.9 Å². The summed E-state index contributed by atoms with van der Waals surface area (Å²) in [5.41, 5.74) is 0.275. The third-order valence-electron chi connectivity index (χ3n) is 2.92. The minimum atomic E-state index is -1.08. The van der Waals surface area contributed by atoms with Gasteiger partial charge in [-0.25, -0.2) is 9.18 Å². The van der Waals surface area contributed by atoms with E-state index in [0.29, 0.717) is 15.2 Å². The van der Waals surface area contributed by atoms with Crippen molar-refractivity contribution in [2.75, 3.05) is 5.32 Å². The van der Waals surface area contributed by atoms with Crippen molar-refractivity contribution in [1.82, 2.24) is 0 Å². The predicted octanol–water partition coefficient (Wildman–Crippen LogP) is 4.43. The molecule has 4 nitrogen and oxygen atoms in total. The molecule has 0 aromatic heterocycles. The van der Waals surface area contributed by atoms with Crippen LogP contribution in [0.4, 0.5) is 10.1 Å². The highest BCUT2D eigenvalue weighted by Crippen LogP contribution is 2.17. The Hall–Kier alpha value is -1.92. The van der Waals surface area contributed by atoms with Gasteiger partial charge < -0.3 is 10.1 Å². The van der Waals surface area contributed by atoms with Gasteiger partial charge in [0.05, 0.1) is 5.56 Å². The molecular weight excluding hydrogens is 389 g/mol. The number of rotatable bonds is 4. The van der Waals surface area contributed by atoms with Gasteiger partial charge in [0.2, 0.25) is 0 Å². The molecule has 0 heterocycles. The van der Waals surface area contributed by atoms with Gasteiger partial charge in [0.1, 0.15) is 5.82 Å². The van der Waals surface area contributed by atoms with Gasteiger partial charge in [-0.15, -0.1) is 0 Å². The van der Waals surface area contributed by atoms with Gasteiger partial charge in [0.25, 0.3) is 5.91 Å². The van der Waals surface area contributed by atoms with E-state index >= 15 is 0 Å². The SMILES string of the molecule is C[C@@H](OC(=O)c1ccc(Br)cc1F)C(=O)Nc1ccc(Cl)cc1. The molecule has 2 rings (SSSR count). The van der Waals surface area contributed by atoms with Gasteiger partial charge in [-0.2, -0.15) is 0 Å². The fraction of sp³-hybridized carbons (Fsp3) is 0.125. The van der Waals surface area contributed by atoms with E-state index in [1.54, 1.807) is 24.3 Å². The summed E-state index contributed by atoms with van der Waals surface area (Å²) in [6.45, 7) is 1.40. The first-order valence-corrected chi connectivity index (χ1v) is 7.76. The van der Waals surface area contributed by atoms with Crippen molar-refractivity contribution in [3.8, 4) is 0 Å². The Morgan fingerprint density at radius 1 is 1.22 bits per heavy atom. The number of carbonyl (C=O) groups is 2. The van der Waals surface area contributed by atoms with Crippen LogP contribution in [-0.2, 0) is 9.53 Å². The Balaban J connectivity index is 2.00. The molecule has 7 heteroatoms. The van der Waals surface area contributed by atoms with Crippen LogP contribution in [0.2, 0.25) is 5.02 Å². The number of hydrogen-bond acceptors (Lipinski definition) is 3. The van der Waals surface area contributed by atoms with Crippen LogP contribution >= 0.6 is 27.5 Å². The number of anilines is 1. The van der Waals surface area contributed by atoms with Crippen molar-refractivity contribution in [2.45, 2.75) is 13.0 Å². The number of halogens is 3. The van der Waals surface area contributed by atoms with Gasteiger partial charge in [-0.1, -0.05) is 27.5 Å². The van der Waals surface area contributed by atoms with Crippen molar-refractivity contribution in [2.24, 2.45) is 0 Å². The Morgan fingerprint density at radius 2 is 1.87 bits per heavy atom. The maximum atomic E-state index is 13.7. The van der Waals surface area contributed by atoms with Gasteiger partial charge in [0.15, 0.2) is 6.10 Å². The van der Waals surface area contributed by atoms with E-state index in [4.69, 9.17) is 16.3 Å². The summed E-state index contributed by atoms with van der Waals surface area (Å²) in [6, 6.07) is 10.4. The molecule has 0 bridgehead atoms. The summed E-state index contributed by atoms with van der Waals surface area (Å²) in [7, 11) is 0. The molecule has 1 N–H and O–H groups in total. The minimum Gasteiger partial charge on any atom is -0.449 e. The molecule has 0 fully saturated rings. The van der Waals surface area contributed by atoms with Gasteiger partial charge in [-0.3, -0.25) is 4.79 Å². The highest BCUT2D eigenvalue weighted by Gasteiger charge is 2.21. The molecule has 0 radical (unpaired) electrons. The topological polar surface area (TPSA) is 55.4 Å². The first-order valence-electron chi connectivity index (χ1n) is 6.59. The van der Waals surface area contributed by atoms with Crippen LogP contribution in [0.3, 0.4) is 0 Å². The predicted molar refractivity (Wildman–Crippen MR) is 89.1 cm³/mol. The molecule has 0 aliphatic carbocycles. The molecule has 0 aliphatic heterocycles. The van der Waals surface area contributed by atoms with Crippen LogP contribution in [0.5, 0.6) is 0 Å². The normalized spacial score (nSPS) is 11.7. The van der Waals surface area contributed by atoms with Crippen LogP contribution < -0.4 is 5.32 Å². The minimum absolute atomic E-state index is 0.237. The van der Waals surface area contributed by atoms with Crippen molar-refractivity contribution in [1.29, 1.82) is 0 Å². The molecule has 120 valence electrons. The average molecular weight is 401 g/mol. The van der Waals surface area contributed by atoms with Gasteiger partial charge in [-0.05, 0) is 49.4 Å². The zero-order chi connectivity index (χ0) is 17.0. The number of hydrogen-bond donors (Lipinski definition) is 1. The average Bonchev–Trinajstić information content (AvgIpc) is 2.49. The van der Waals surface area contributed by atoms with E-state index in [9.17, 15) is 14.0 Å². The lowest BCUT2D eigenvalue weighted by molar-refractivity contribution is -0.123. The number of ether oxygens (including phenoxy) is 1. The summed E-state index contributed by atoms with van der Waals surface area (Å²) in [5, 5.41) is 3.11. The number of benzene rings is 2. The summed E-state index contributed by atoms with van der Waals surface area (Å²) in [5.74, 6) is -2.17. The standard InChI is InChI=1S/C16H12BrClFNO3/c1-9(15(21)20-12-5-3-11(18)4-6-12)23-16(22)13-7-2-10(17)8-14(13)19/h2-9H,1H3,(H,20,21)/t9-/m1/s1. The fourth-order valence-electron chi connectivity index (χ4n) is 1.71. The van der Waals surface area contributed by atoms with Crippen LogP contribution in [0.1, 0.15) is 17.3 Å². The second kappa shape index (κ2) is 7.57. The zero-order valence-electron chi connectivity index (χ0n) is 12.0. The molecule has 0 saturated heterocycles. The number of esters is 1. The molecule has 2 aromatic carbocycles. The second-order valence-electron chi connectivity index (χ2n) is 4.67. The Kier molecular flexibility index (Phi) is 5.74. The van der Waals surface area contributed by atoms with E-state index in [1.165, 1.54) is 19.1 Å². The highest BCUT2D eigenvalue weighted by atomic mass is 79.9. The molecule has 23 heavy (non-hydrogen) atoms. The van der Waals surface area contributed by atoms with Gasteiger partial charge >= 0.3 is 5.97 Å². The second-order valence-corrected chi connectivity index (χ2v) is 6.02. The van der Waals surface area contributed by atoms with Crippen molar-refractivity contribution in [3.05, 3.63) is 63.3 Å². The lowest BCUT2D eigenvalue weighted by atomic mass is 10.2. The molecule has 0 unspecified atom stereocenters. The molecule has 1 atom stereocenters. The Bertz CT molecular complexity index is 737. The first kappa shape index (κ1) is 17.4. The lowest BCUT2D eigenvalue weighted by Crippen LogP contribution is -2.30. The lowest BCUT2D eigenvalue weighted by Gasteiger charge is -2.14. The van der Waals surface area contributed by atoms with E-state index in [1.807, 2.05) is 0 Å². The summed E-state index contributed by atoms with van der Waals surface area (Å²) in [6.07, 6.45) is -1.08. The largest absolute Gasteiger partial charge is 0.449 e. The Labute approximate surface area is 145 Å². The summed E-state index contributed by atoms with van der Waals surface area (Å²) >= 11 is 8.85. The molecular formula is C16H12BrClFNO3. The molecule has 0 spiro atoms. The van der Waals surface area contributed by atoms with E-state index in [-0.39, 0.29) is 5.56 Å². The smallest absolute Gasteiger partial charge is 0.341 e. The molecule has 0 saturated carbocycles. The third-order valence-corrected chi connectivity index (χ3v) is 3.66. The van der Waals surface area contributed by atoms with E-state index in [2.05, 4.69) is 21.2 Å². The third kappa shape index (κ3) is 4.77. The molecule has 1 amide bonds. The maximum absolute atomic E-state index is 13.7. The van der Waals surface area contributed by atoms with Gasteiger partial charge in [0, 0.05) is 15.2 Å². The van der Waals surface area contributed by atoms with Crippen LogP contribution in [-0.4, -0.2) is 18.0 Å². The Morgan fingerprint density at radius 3 is 2.48 bits per heavy atom. The monoisotopic (exact) mass is 399 g/mol. The highest BCUT2D eigenvalue weighted by molar-refractivity contribution is 9.10. The number of carbonyl (C=O) groups excluding carboxylic acids is 2. The zero-order valence-corrected chi connectivity index (χ0v) is 14.3. The fourth-order valence-corrected chi connectivity index (χ4v) is 2.17. The maximum Gasteiger partial charge on any atom is 0.341 e. The first-order chi connectivity index (χ1) is 10.9. The van der Waals surface area contributed by atoms with Crippen molar-refractivity contribution >= 4 is 45.1 Å². The van der Waals surface area contributed by atoms with Crippen molar-refractivity contribution < 1.29 is 18.7 Å². The molecule has 0 aliphatic rings. The van der Waals surface area contributed by atoms with E-state index < -0.39 is 23.8 Å². The van der Waals surface area contributed by atoms with Crippen LogP contribution in [0.25, 0.3) is 0 Å². The number of nitrogens with one attached hydrogen (secondary N) is 1. The summed E-state index contributed by atoms with van der Waals surface area (Å²) < 4.78 is 19.2. The van der Waals surface area contributed by atoms with Crippen molar-refractivity contribution in [3.63, 3.8) is 0 Å². The quantitative estimate of drug-likeness (QED) is 0.773. The summed E-state index contributed by atoms with van der Waals surface area (Å²) in [4.78, 5) is 23.9. The molecule has 2 aromatic rings. The number of amides is 1. The van der Waals surface area contributed by atoms with E-state index in [0.717, 1.165) is 6.07 Å². The van der Waals surface area contributed by atoms with Crippen LogP contribution in [0, 0.1) is 5.82 Å².